The Hall–Kier alpha value is -1.22. The first kappa shape index (κ1) is 10.8. The van der Waals surface area contributed by atoms with E-state index in [4.69, 9.17) is 5.11 Å². The molecule has 1 aromatic rings. The van der Waals surface area contributed by atoms with Gasteiger partial charge in [-0.05, 0) is 12.1 Å². The second-order valence-corrected chi connectivity index (χ2v) is 2.18. The Bertz CT molecular complexity index is 250. The molecule has 4 heteroatoms. The van der Waals surface area contributed by atoms with Crippen LogP contribution >= 0.6 is 12.4 Å². The smallest absolute Gasteiger partial charge is 0.411 e. The van der Waals surface area contributed by atoms with E-state index in [1.54, 1.807) is 24.3 Å². The van der Waals surface area contributed by atoms with Gasteiger partial charge >= 0.3 is 6.09 Å². The molecule has 0 spiro atoms. The summed E-state index contributed by atoms with van der Waals surface area (Å²) < 4.78 is 0. The molecule has 3 nitrogen and oxygen atoms in total. The van der Waals surface area contributed by atoms with Crippen LogP contribution in [0.3, 0.4) is 0 Å². The van der Waals surface area contributed by atoms with Crippen LogP contribution in [0.1, 0.15) is 0 Å². The minimum Gasteiger partial charge on any atom is -0.465 e. The lowest BCUT2D eigenvalue weighted by atomic mass is 10.3. The first-order valence-electron chi connectivity index (χ1n) is 3.23. The van der Waals surface area contributed by atoms with E-state index >= 15 is 0 Å². The molecule has 1 rings (SSSR count). The average Bonchev–Trinajstić information content (AvgIpc) is 2.05. The van der Waals surface area contributed by atoms with E-state index in [-0.39, 0.29) is 12.4 Å². The molecule has 66 valence electrons. The number of hydrogen-bond donors (Lipinski definition) is 1. The third-order valence-electron chi connectivity index (χ3n) is 1.43. The number of anilines is 1. The Morgan fingerprint density at radius 2 is 1.83 bits per heavy atom. The predicted molar refractivity (Wildman–Crippen MR) is 50.1 cm³/mol. The minimum atomic E-state index is -0.948. The molecule has 0 aliphatic heterocycles. The lowest BCUT2D eigenvalue weighted by Crippen LogP contribution is -2.23. The normalized spacial score (nSPS) is 8.42. The Labute approximate surface area is 77.0 Å². The topological polar surface area (TPSA) is 40.5 Å². The van der Waals surface area contributed by atoms with Gasteiger partial charge in [-0.2, -0.15) is 0 Å². The van der Waals surface area contributed by atoms with Crippen molar-refractivity contribution in [2.45, 2.75) is 0 Å². The zero-order valence-corrected chi connectivity index (χ0v) is 7.41. The summed E-state index contributed by atoms with van der Waals surface area (Å²) in [5.41, 5.74) is 0.681. The Morgan fingerprint density at radius 1 is 1.33 bits per heavy atom. The molecule has 0 saturated heterocycles. The van der Waals surface area contributed by atoms with Gasteiger partial charge in [0.1, 0.15) is 0 Å². The summed E-state index contributed by atoms with van der Waals surface area (Å²) in [6, 6.07) is 8.94. The standard InChI is InChI=1S/C8H9NO2.ClH/c1-9(8(10)11)7-5-3-2-4-6-7;/h2-6H,1H3,(H,10,11);1H. The van der Waals surface area contributed by atoms with Gasteiger partial charge in [0, 0.05) is 12.7 Å². The van der Waals surface area contributed by atoms with Crippen LogP contribution in [0, 0.1) is 0 Å². The third kappa shape index (κ3) is 2.43. The molecule has 0 bridgehead atoms. The van der Waals surface area contributed by atoms with Crippen LogP contribution in [-0.2, 0) is 0 Å². The molecule has 12 heavy (non-hydrogen) atoms. The van der Waals surface area contributed by atoms with Crippen LogP contribution < -0.4 is 4.90 Å². The number of para-hydroxylation sites is 1. The molecular formula is C8H10ClNO2. The van der Waals surface area contributed by atoms with Crippen molar-refractivity contribution in [3.05, 3.63) is 30.3 Å². The summed E-state index contributed by atoms with van der Waals surface area (Å²) in [6.07, 6.45) is -0.948. The van der Waals surface area contributed by atoms with Crippen molar-refractivity contribution in [3.8, 4) is 0 Å². The van der Waals surface area contributed by atoms with E-state index < -0.39 is 6.09 Å². The fourth-order valence-corrected chi connectivity index (χ4v) is 0.762. The zero-order chi connectivity index (χ0) is 8.27. The number of nitrogens with zero attached hydrogens (tertiary/aromatic N) is 1. The average molecular weight is 188 g/mol. The highest BCUT2D eigenvalue weighted by molar-refractivity contribution is 5.85. The Morgan fingerprint density at radius 3 is 2.25 bits per heavy atom. The number of carbonyl (C=O) groups is 1. The van der Waals surface area contributed by atoms with Gasteiger partial charge in [-0.25, -0.2) is 4.79 Å². The van der Waals surface area contributed by atoms with Crippen LogP contribution in [0.5, 0.6) is 0 Å². The molecule has 1 aromatic carbocycles. The molecule has 0 heterocycles. The molecule has 0 aliphatic carbocycles. The molecule has 1 N–H and O–H groups in total. The van der Waals surface area contributed by atoms with Crippen LogP contribution in [0.4, 0.5) is 10.5 Å². The monoisotopic (exact) mass is 187 g/mol. The van der Waals surface area contributed by atoms with Crippen molar-refractivity contribution in [1.82, 2.24) is 0 Å². The van der Waals surface area contributed by atoms with Crippen molar-refractivity contribution < 1.29 is 9.90 Å². The molecular weight excluding hydrogens is 178 g/mol. The first-order chi connectivity index (χ1) is 5.22. The van der Waals surface area contributed by atoms with E-state index in [1.807, 2.05) is 6.07 Å². The quantitative estimate of drug-likeness (QED) is 0.733. The van der Waals surface area contributed by atoms with E-state index in [1.165, 1.54) is 11.9 Å². The first-order valence-corrected chi connectivity index (χ1v) is 3.23. The fourth-order valence-electron chi connectivity index (χ4n) is 0.762. The van der Waals surface area contributed by atoms with E-state index in [9.17, 15) is 4.79 Å². The number of halogens is 1. The second-order valence-electron chi connectivity index (χ2n) is 2.18. The van der Waals surface area contributed by atoms with E-state index in [0.717, 1.165) is 0 Å². The number of benzene rings is 1. The number of hydrogen-bond acceptors (Lipinski definition) is 1. The Balaban J connectivity index is 0.00000121. The molecule has 0 aromatic heterocycles. The molecule has 0 saturated carbocycles. The third-order valence-corrected chi connectivity index (χ3v) is 1.43. The molecule has 0 atom stereocenters. The van der Waals surface area contributed by atoms with Gasteiger partial charge in [0.25, 0.3) is 0 Å². The van der Waals surface area contributed by atoms with Gasteiger partial charge in [0.15, 0.2) is 0 Å². The van der Waals surface area contributed by atoms with Crippen molar-refractivity contribution >= 4 is 24.2 Å². The van der Waals surface area contributed by atoms with Crippen molar-refractivity contribution in [2.24, 2.45) is 0 Å². The molecule has 0 fully saturated rings. The van der Waals surface area contributed by atoms with Gasteiger partial charge in [-0.1, -0.05) is 18.2 Å². The number of carboxylic acid groups (broad SMARTS) is 1. The summed E-state index contributed by atoms with van der Waals surface area (Å²) in [7, 11) is 1.51. The van der Waals surface area contributed by atoms with Gasteiger partial charge in [-0.3, -0.25) is 4.90 Å². The van der Waals surface area contributed by atoms with Gasteiger partial charge in [-0.15, -0.1) is 12.4 Å². The lowest BCUT2D eigenvalue weighted by molar-refractivity contribution is 0.203. The summed E-state index contributed by atoms with van der Waals surface area (Å²) >= 11 is 0. The number of amides is 1. The van der Waals surface area contributed by atoms with Crippen molar-refractivity contribution in [3.63, 3.8) is 0 Å². The van der Waals surface area contributed by atoms with Gasteiger partial charge in [0.05, 0.1) is 0 Å². The van der Waals surface area contributed by atoms with E-state index in [0.29, 0.717) is 5.69 Å². The van der Waals surface area contributed by atoms with E-state index in [2.05, 4.69) is 0 Å². The highest BCUT2D eigenvalue weighted by Gasteiger charge is 2.05. The molecule has 1 amide bonds. The van der Waals surface area contributed by atoms with Crippen LogP contribution in [0.2, 0.25) is 0 Å². The largest absolute Gasteiger partial charge is 0.465 e. The number of rotatable bonds is 1. The van der Waals surface area contributed by atoms with Crippen molar-refractivity contribution in [2.75, 3.05) is 11.9 Å². The van der Waals surface area contributed by atoms with Gasteiger partial charge in [0.2, 0.25) is 0 Å². The highest BCUT2D eigenvalue weighted by Crippen LogP contribution is 2.10. The fraction of sp³-hybridized carbons (Fsp3) is 0.125. The summed E-state index contributed by atoms with van der Waals surface area (Å²) in [4.78, 5) is 11.6. The zero-order valence-electron chi connectivity index (χ0n) is 6.60. The maximum absolute atomic E-state index is 10.4. The Kier molecular flexibility index (Phi) is 4.15. The van der Waals surface area contributed by atoms with Crippen LogP contribution in [0.15, 0.2) is 30.3 Å². The summed E-state index contributed by atoms with van der Waals surface area (Å²) in [6.45, 7) is 0. The highest BCUT2D eigenvalue weighted by atomic mass is 35.5. The maximum Gasteiger partial charge on any atom is 0.411 e. The van der Waals surface area contributed by atoms with Gasteiger partial charge < -0.3 is 5.11 Å². The predicted octanol–water partition coefficient (Wildman–Crippen LogP) is 2.22. The molecule has 0 radical (unpaired) electrons. The maximum atomic E-state index is 10.4. The van der Waals surface area contributed by atoms with Crippen LogP contribution in [-0.4, -0.2) is 18.2 Å². The minimum absolute atomic E-state index is 0. The second kappa shape index (κ2) is 4.62. The SMILES string of the molecule is CN(C(=O)O)c1ccccc1.Cl. The lowest BCUT2D eigenvalue weighted by Gasteiger charge is -2.11. The molecule has 0 aliphatic rings. The summed E-state index contributed by atoms with van der Waals surface area (Å²) in [5, 5.41) is 8.56. The molecule has 0 unspecified atom stereocenters. The summed E-state index contributed by atoms with van der Waals surface area (Å²) in [5.74, 6) is 0. The van der Waals surface area contributed by atoms with Crippen molar-refractivity contribution in [1.29, 1.82) is 0 Å². The van der Waals surface area contributed by atoms with Crippen LogP contribution in [0.25, 0.3) is 0 Å².